The van der Waals surface area contributed by atoms with Crippen molar-refractivity contribution < 1.29 is 0 Å². The Morgan fingerprint density at radius 3 is 2.31 bits per heavy atom. The second-order valence-corrected chi connectivity index (χ2v) is 8.70. The average Bonchev–Trinajstić information content (AvgIpc) is 3.34. The predicted molar refractivity (Wildman–Crippen MR) is 126 cm³/mol. The average molecular weight is 422 g/mol. The van der Waals surface area contributed by atoms with Gasteiger partial charge in [0.1, 0.15) is 12.0 Å². The van der Waals surface area contributed by atoms with Gasteiger partial charge in [0.25, 0.3) is 0 Å². The van der Waals surface area contributed by atoms with E-state index in [4.69, 9.17) is 0 Å². The van der Waals surface area contributed by atoms with Crippen LogP contribution in [0.4, 0.5) is 11.5 Å². The Bertz CT molecular complexity index is 1370. The van der Waals surface area contributed by atoms with Crippen LogP contribution in [-0.2, 0) is 5.41 Å². The highest BCUT2D eigenvalue weighted by molar-refractivity contribution is 6.00. The van der Waals surface area contributed by atoms with Gasteiger partial charge >= 0.3 is 0 Å². The first-order valence-corrected chi connectivity index (χ1v) is 10.5. The zero-order chi connectivity index (χ0) is 22.1. The minimum atomic E-state index is 0.115. The molecule has 0 saturated heterocycles. The molecule has 7 heteroatoms. The van der Waals surface area contributed by atoms with Crippen LogP contribution in [0.5, 0.6) is 0 Å². The topological polar surface area (TPSA) is 81.4 Å². The van der Waals surface area contributed by atoms with Crippen molar-refractivity contribution >= 4 is 22.3 Å². The Balaban J connectivity index is 1.53. The molecule has 0 bridgehead atoms. The Hall–Kier alpha value is -4.13. The number of anilines is 2. The SMILES string of the molecule is CC(C)(C)c1ccc(Nc2nnc(-c3cccc(-n4cnnn4)c3)c3ccccc23)cc1. The summed E-state index contributed by atoms with van der Waals surface area (Å²) in [7, 11) is 0. The van der Waals surface area contributed by atoms with Crippen molar-refractivity contribution in [2.24, 2.45) is 0 Å². The molecule has 158 valence electrons. The minimum absolute atomic E-state index is 0.115. The summed E-state index contributed by atoms with van der Waals surface area (Å²) in [4.78, 5) is 0. The molecule has 2 heterocycles. The van der Waals surface area contributed by atoms with Gasteiger partial charge in [0.05, 0.1) is 5.69 Å². The Morgan fingerprint density at radius 1 is 0.812 bits per heavy atom. The van der Waals surface area contributed by atoms with E-state index in [9.17, 15) is 0 Å². The maximum atomic E-state index is 4.58. The van der Waals surface area contributed by atoms with Gasteiger partial charge in [-0.15, -0.1) is 15.3 Å². The van der Waals surface area contributed by atoms with E-state index in [1.807, 2.05) is 36.4 Å². The van der Waals surface area contributed by atoms with E-state index in [1.165, 1.54) is 5.56 Å². The molecule has 0 atom stereocenters. The van der Waals surface area contributed by atoms with Gasteiger partial charge in [0, 0.05) is 22.0 Å². The van der Waals surface area contributed by atoms with Crippen LogP contribution < -0.4 is 5.32 Å². The fraction of sp³-hybridized carbons (Fsp3) is 0.160. The third-order valence-electron chi connectivity index (χ3n) is 5.43. The van der Waals surface area contributed by atoms with Crippen molar-refractivity contribution in [2.45, 2.75) is 26.2 Å². The molecule has 0 unspecified atom stereocenters. The van der Waals surface area contributed by atoms with Gasteiger partial charge in [-0.05, 0) is 45.7 Å². The third-order valence-corrected chi connectivity index (χ3v) is 5.43. The molecular weight excluding hydrogens is 398 g/mol. The smallest absolute Gasteiger partial charge is 0.161 e. The van der Waals surface area contributed by atoms with Gasteiger partial charge in [-0.25, -0.2) is 4.68 Å². The molecule has 5 rings (SSSR count). The standard InChI is InChI=1S/C25H23N7/c1-25(2,3)18-11-13-19(14-12-18)27-24-22-10-5-4-9-21(22)23(28-29-24)17-7-6-8-20(15-17)32-16-26-30-31-32/h4-16H,1-3H3,(H,27,29). The molecule has 1 N–H and O–H groups in total. The van der Waals surface area contributed by atoms with E-state index in [0.29, 0.717) is 0 Å². The first-order chi connectivity index (χ1) is 15.5. The first kappa shape index (κ1) is 19.8. The van der Waals surface area contributed by atoms with E-state index < -0.39 is 0 Å². The highest BCUT2D eigenvalue weighted by atomic mass is 15.5. The summed E-state index contributed by atoms with van der Waals surface area (Å²) in [6, 6.07) is 24.6. The molecule has 7 nitrogen and oxygen atoms in total. The van der Waals surface area contributed by atoms with Gasteiger partial charge in [0.2, 0.25) is 0 Å². The van der Waals surface area contributed by atoms with Crippen LogP contribution in [0.1, 0.15) is 26.3 Å². The van der Waals surface area contributed by atoms with Crippen LogP contribution in [0.15, 0.2) is 79.1 Å². The van der Waals surface area contributed by atoms with Crippen LogP contribution in [0, 0.1) is 0 Å². The molecule has 3 aromatic carbocycles. The summed E-state index contributed by atoms with van der Waals surface area (Å²) in [5, 5.41) is 26.0. The minimum Gasteiger partial charge on any atom is -0.338 e. The van der Waals surface area contributed by atoms with Gasteiger partial charge in [-0.1, -0.05) is 69.3 Å². The normalized spacial score (nSPS) is 11.6. The summed E-state index contributed by atoms with van der Waals surface area (Å²) in [6.45, 7) is 6.63. The number of hydrogen-bond acceptors (Lipinski definition) is 6. The van der Waals surface area contributed by atoms with E-state index in [1.54, 1.807) is 11.0 Å². The Morgan fingerprint density at radius 2 is 1.59 bits per heavy atom. The van der Waals surface area contributed by atoms with Gasteiger partial charge in [0.15, 0.2) is 5.82 Å². The molecule has 0 aliphatic heterocycles. The van der Waals surface area contributed by atoms with Gasteiger partial charge in [-0.2, -0.15) is 0 Å². The van der Waals surface area contributed by atoms with Crippen molar-refractivity contribution in [2.75, 3.05) is 5.32 Å². The lowest BCUT2D eigenvalue weighted by Crippen LogP contribution is -2.10. The lowest BCUT2D eigenvalue weighted by Gasteiger charge is -2.19. The van der Waals surface area contributed by atoms with Crippen molar-refractivity contribution in [1.82, 2.24) is 30.4 Å². The zero-order valence-corrected chi connectivity index (χ0v) is 18.2. The summed E-state index contributed by atoms with van der Waals surface area (Å²) in [5.41, 5.74) is 5.00. The Kier molecular flexibility index (Phi) is 4.86. The molecule has 0 radical (unpaired) electrons. The fourth-order valence-electron chi connectivity index (χ4n) is 3.68. The maximum Gasteiger partial charge on any atom is 0.161 e. The monoisotopic (exact) mass is 421 g/mol. The van der Waals surface area contributed by atoms with Crippen LogP contribution in [0.25, 0.3) is 27.7 Å². The number of benzene rings is 3. The van der Waals surface area contributed by atoms with E-state index in [2.05, 4.69) is 88.2 Å². The van der Waals surface area contributed by atoms with Crippen molar-refractivity contribution in [1.29, 1.82) is 0 Å². The molecule has 32 heavy (non-hydrogen) atoms. The van der Waals surface area contributed by atoms with Crippen molar-refractivity contribution in [3.05, 3.63) is 84.7 Å². The molecule has 0 amide bonds. The molecule has 2 aromatic heterocycles. The molecule has 0 saturated carbocycles. The highest BCUT2D eigenvalue weighted by Crippen LogP contribution is 2.32. The number of fused-ring (bicyclic) bond motifs is 1. The summed E-state index contributed by atoms with van der Waals surface area (Å²) in [5.74, 6) is 0.726. The number of nitrogens with zero attached hydrogens (tertiary/aromatic N) is 6. The molecule has 5 aromatic rings. The molecule has 0 fully saturated rings. The first-order valence-electron chi connectivity index (χ1n) is 10.5. The summed E-state index contributed by atoms with van der Waals surface area (Å²) < 4.78 is 1.62. The number of nitrogens with one attached hydrogen (secondary N) is 1. The lowest BCUT2D eigenvalue weighted by atomic mass is 9.87. The number of rotatable bonds is 4. The maximum absolute atomic E-state index is 4.58. The number of hydrogen-bond donors (Lipinski definition) is 1. The molecular formula is C25H23N7. The Labute approximate surface area is 186 Å². The lowest BCUT2D eigenvalue weighted by molar-refractivity contribution is 0.590. The largest absolute Gasteiger partial charge is 0.338 e. The van der Waals surface area contributed by atoms with Gasteiger partial charge < -0.3 is 5.32 Å². The fourth-order valence-corrected chi connectivity index (χ4v) is 3.68. The third kappa shape index (κ3) is 3.80. The predicted octanol–water partition coefficient (Wildman–Crippen LogP) is 5.31. The second-order valence-electron chi connectivity index (χ2n) is 8.70. The van der Waals surface area contributed by atoms with Crippen molar-refractivity contribution in [3.8, 4) is 16.9 Å². The number of aromatic nitrogens is 6. The summed E-state index contributed by atoms with van der Waals surface area (Å²) >= 11 is 0. The van der Waals surface area contributed by atoms with Crippen LogP contribution in [-0.4, -0.2) is 30.4 Å². The second kappa shape index (κ2) is 7.85. The van der Waals surface area contributed by atoms with E-state index in [-0.39, 0.29) is 5.41 Å². The van der Waals surface area contributed by atoms with Crippen LogP contribution in [0.3, 0.4) is 0 Å². The molecule has 0 spiro atoms. The van der Waals surface area contributed by atoms with Gasteiger partial charge in [-0.3, -0.25) is 0 Å². The highest BCUT2D eigenvalue weighted by Gasteiger charge is 2.14. The molecule has 0 aliphatic carbocycles. The van der Waals surface area contributed by atoms with E-state index >= 15 is 0 Å². The molecule has 0 aliphatic rings. The zero-order valence-electron chi connectivity index (χ0n) is 18.2. The van der Waals surface area contributed by atoms with E-state index in [0.717, 1.165) is 39.2 Å². The van der Waals surface area contributed by atoms with Crippen molar-refractivity contribution in [3.63, 3.8) is 0 Å². The van der Waals surface area contributed by atoms with Crippen LogP contribution in [0.2, 0.25) is 0 Å². The van der Waals surface area contributed by atoms with Crippen LogP contribution >= 0.6 is 0 Å². The summed E-state index contributed by atoms with van der Waals surface area (Å²) in [6.07, 6.45) is 1.57. The quantitative estimate of drug-likeness (QED) is 0.423. The number of tetrazole rings is 1.